The fourth-order valence-electron chi connectivity index (χ4n) is 9.56. The van der Waals surface area contributed by atoms with Crippen LogP contribution in [0.2, 0.25) is 0 Å². The molecule has 0 spiro atoms. The molecule has 4 heterocycles. The SMILES string of the molecule is C.[H+].c1cc(-n2c3ccccc3c3cc(-c4cccc5c4sc4ccccc45)ccc32)cc(-n2c3ccccc3c3cc(-c4cccc5c4sc4ccccc45)ccc32)c1. The van der Waals surface area contributed by atoms with Crippen LogP contribution in [0.4, 0.5) is 0 Å². The van der Waals surface area contributed by atoms with Crippen molar-refractivity contribution in [2.75, 3.05) is 0 Å². The van der Waals surface area contributed by atoms with E-state index >= 15 is 0 Å². The zero-order valence-corrected chi connectivity index (χ0v) is 32.8. The van der Waals surface area contributed by atoms with Gasteiger partial charge in [-0.05, 0) is 89.0 Å². The van der Waals surface area contributed by atoms with Crippen LogP contribution in [0.25, 0.3) is 118 Å². The Labute approximate surface area is 350 Å². The van der Waals surface area contributed by atoms with Crippen molar-refractivity contribution >= 4 is 107 Å². The van der Waals surface area contributed by atoms with Crippen LogP contribution in [0.15, 0.2) is 194 Å². The van der Waals surface area contributed by atoms with E-state index < -0.39 is 0 Å². The number of hydrogen-bond acceptors (Lipinski definition) is 2. The third-order valence-corrected chi connectivity index (χ3v) is 14.6. The van der Waals surface area contributed by atoms with Gasteiger partial charge in [0.1, 0.15) is 0 Å². The van der Waals surface area contributed by atoms with Crippen molar-refractivity contribution in [3.05, 3.63) is 194 Å². The normalized spacial score (nSPS) is 11.9. The van der Waals surface area contributed by atoms with Gasteiger partial charge in [-0.1, -0.05) is 135 Å². The molecule has 0 radical (unpaired) electrons. The molecule has 0 aliphatic carbocycles. The number of hydrogen-bond donors (Lipinski definition) is 0. The van der Waals surface area contributed by atoms with E-state index in [1.165, 1.54) is 106 Å². The molecule has 0 saturated heterocycles. The predicted octanol–water partition coefficient (Wildman–Crippen LogP) is 16.7. The van der Waals surface area contributed by atoms with Crippen molar-refractivity contribution in [1.29, 1.82) is 0 Å². The number of thiophene rings is 2. The van der Waals surface area contributed by atoms with E-state index in [9.17, 15) is 0 Å². The molecule has 4 heteroatoms. The topological polar surface area (TPSA) is 9.86 Å². The summed E-state index contributed by atoms with van der Waals surface area (Å²) < 4.78 is 10.2. The average Bonchev–Trinajstić information content (AvgIpc) is 4.04. The maximum Gasteiger partial charge on any atom is 1.00 e. The van der Waals surface area contributed by atoms with Crippen LogP contribution in [-0.4, -0.2) is 9.13 Å². The van der Waals surface area contributed by atoms with Gasteiger partial charge in [0.2, 0.25) is 0 Å². The maximum absolute atomic E-state index is 2.44. The molecule has 9 aromatic carbocycles. The Bertz CT molecular complexity index is 3580. The van der Waals surface area contributed by atoms with Gasteiger partial charge in [-0.3, -0.25) is 0 Å². The molecule has 0 bridgehead atoms. The highest BCUT2D eigenvalue weighted by molar-refractivity contribution is 7.26. The monoisotopic (exact) mass is 789 g/mol. The number of rotatable bonds is 4. The second-order valence-electron chi connectivity index (χ2n) is 15.2. The van der Waals surface area contributed by atoms with Gasteiger partial charge in [0.05, 0.1) is 22.1 Å². The van der Waals surface area contributed by atoms with E-state index in [0.717, 1.165) is 11.4 Å². The van der Waals surface area contributed by atoms with E-state index in [4.69, 9.17) is 0 Å². The van der Waals surface area contributed by atoms with Crippen LogP contribution in [0, 0.1) is 0 Å². The molecule has 13 rings (SSSR count). The number of benzene rings is 9. The number of para-hydroxylation sites is 2. The van der Waals surface area contributed by atoms with Gasteiger partial charge in [-0.25, -0.2) is 0 Å². The molecule has 59 heavy (non-hydrogen) atoms. The third kappa shape index (κ3) is 4.97. The second-order valence-corrected chi connectivity index (χ2v) is 17.4. The molecule has 0 N–H and O–H groups in total. The first kappa shape index (κ1) is 34.1. The Hall–Kier alpha value is -6.98. The minimum absolute atomic E-state index is 0. The molecular formula is C55H37N2S2+. The Balaban J connectivity index is 0.00000204. The summed E-state index contributed by atoms with van der Waals surface area (Å²) >= 11 is 3.78. The lowest BCUT2D eigenvalue weighted by Gasteiger charge is -2.13. The number of aromatic nitrogens is 2. The van der Waals surface area contributed by atoms with Gasteiger partial charge >= 0.3 is 1.43 Å². The predicted molar refractivity (Wildman–Crippen MR) is 260 cm³/mol. The standard InChI is InChI=1S/C54H32N2S2.CH4/c1-5-22-47-39(14-1)45-30-33(37-18-10-20-43-41-16-3-7-24-51(41)57-53(37)43)26-28-49(45)55(47)35-12-9-13-36(32-35)56-48-23-6-2-15-40(48)46-31-34(27-29-50(46)56)38-19-11-21-44-42-17-4-8-25-52(42)58-54(38)44;/h1-32H;1H4/p+1. The van der Waals surface area contributed by atoms with Crippen LogP contribution in [0.3, 0.4) is 0 Å². The van der Waals surface area contributed by atoms with Crippen molar-refractivity contribution in [3.63, 3.8) is 0 Å². The molecule has 0 aliphatic rings. The minimum atomic E-state index is 0. The van der Waals surface area contributed by atoms with E-state index in [0.29, 0.717) is 0 Å². The van der Waals surface area contributed by atoms with Crippen LogP contribution < -0.4 is 0 Å². The van der Waals surface area contributed by atoms with Gasteiger partial charge < -0.3 is 9.13 Å². The lowest BCUT2D eigenvalue weighted by atomic mass is 10.0. The lowest BCUT2D eigenvalue weighted by Crippen LogP contribution is -1.98. The fraction of sp³-hybridized carbons (Fsp3) is 0.0182. The van der Waals surface area contributed by atoms with Gasteiger partial charge in [-0.2, -0.15) is 0 Å². The molecule has 0 unspecified atom stereocenters. The Morgan fingerprint density at radius 1 is 0.305 bits per heavy atom. The Morgan fingerprint density at radius 2 is 0.695 bits per heavy atom. The highest BCUT2D eigenvalue weighted by Gasteiger charge is 2.19. The van der Waals surface area contributed by atoms with Gasteiger partial charge in [-0.15, -0.1) is 22.7 Å². The van der Waals surface area contributed by atoms with Gasteiger partial charge in [0.25, 0.3) is 0 Å². The Kier molecular flexibility index (Phi) is 7.52. The quantitative estimate of drug-likeness (QED) is 0.168. The fourth-order valence-corrected chi connectivity index (χ4v) is 12.0. The van der Waals surface area contributed by atoms with Crippen molar-refractivity contribution in [3.8, 4) is 33.6 Å². The first-order valence-electron chi connectivity index (χ1n) is 19.8. The highest BCUT2D eigenvalue weighted by Crippen LogP contribution is 2.44. The molecule has 278 valence electrons. The average molecular weight is 790 g/mol. The summed E-state index contributed by atoms with van der Waals surface area (Å²) in [6.07, 6.45) is 0. The van der Waals surface area contributed by atoms with E-state index in [2.05, 4.69) is 203 Å². The first-order valence-corrected chi connectivity index (χ1v) is 21.4. The van der Waals surface area contributed by atoms with Crippen molar-refractivity contribution < 1.29 is 1.43 Å². The maximum atomic E-state index is 2.44. The largest absolute Gasteiger partial charge is 1.00 e. The molecule has 0 fully saturated rings. The van der Waals surface area contributed by atoms with Crippen molar-refractivity contribution in [2.24, 2.45) is 0 Å². The summed E-state index contributed by atoms with van der Waals surface area (Å²) in [5, 5.41) is 10.3. The molecule has 0 atom stereocenters. The molecule has 0 amide bonds. The molecule has 4 aromatic heterocycles. The lowest BCUT2D eigenvalue weighted by molar-refractivity contribution is 1.13. The zero-order chi connectivity index (χ0) is 37.9. The van der Waals surface area contributed by atoms with Crippen LogP contribution in [0.1, 0.15) is 8.85 Å². The summed E-state index contributed by atoms with van der Waals surface area (Å²) in [6.45, 7) is 0. The molecule has 0 aliphatic heterocycles. The molecule has 13 aromatic rings. The second kappa shape index (κ2) is 13.0. The summed E-state index contributed by atoms with van der Waals surface area (Å²) in [5.41, 5.74) is 12.2. The van der Waals surface area contributed by atoms with E-state index in [-0.39, 0.29) is 8.85 Å². The number of nitrogens with zero attached hydrogens (tertiary/aromatic N) is 2. The van der Waals surface area contributed by atoms with Crippen LogP contribution in [0.5, 0.6) is 0 Å². The van der Waals surface area contributed by atoms with E-state index in [1.807, 2.05) is 22.7 Å². The summed E-state index contributed by atoms with van der Waals surface area (Å²) in [5.74, 6) is 0. The first-order chi connectivity index (χ1) is 28.8. The zero-order valence-electron chi connectivity index (χ0n) is 32.2. The van der Waals surface area contributed by atoms with Crippen molar-refractivity contribution in [2.45, 2.75) is 7.43 Å². The smallest absolute Gasteiger partial charge is 0.309 e. The molecule has 0 saturated carbocycles. The van der Waals surface area contributed by atoms with Crippen LogP contribution in [-0.2, 0) is 0 Å². The summed E-state index contributed by atoms with van der Waals surface area (Å²) in [4.78, 5) is 0. The molecule has 2 nitrogen and oxygen atoms in total. The minimum Gasteiger partial charge on any atom is -0.309 e. The van der Waals surface area contributed by atoms with Crippen molar-refractivity contribution in [1.82, 2.24) is 9.13 Å². The summed E-state index contributed by atoms with van der Waals surface area (Å²) in [7, 11) is 0. The van der Waals surface area contributed by atoms with Gasteiger partial charge in [0, 0.05) is 73.3 Å². The Morgan fingerprint density at radius 3 is 1.19 bits per heavy atom. The third-order valence-electron chi connectivity index (χ3n) is 12.1. The van der Waals surface area contributed by atoms with Crippen LogP contribution >= 0.6 is 22.7 Å². The molecular weight excluding hydrogens is 753 g/mol. The van der Waals surface area contributed by atoms with E-state index in [1.54, 1.807) is 0 Å². The number of fused-ring (bicyclic) bond motifs is 12. The summed E-state index contributed by atoms with van der Waals surface area (Å²) in [6, 6.07) is 71.8. The highest BCUT2D eigenvalue weighted by atomic mass is 32.1. The van der Waals surface area contributed by atoms with Gasteiger partial charge in [0.15, 0.2) is 0 Å².